The smallest absolute Gasteiger partial charge is 0.345 e. The van der Waals surface area contributed by atoms with Gasteiger partial charge in [-0.25, -0.2) is 9.59 Å². The zero-order valence-corrected chi connectivity index (χ0v) is 14.7. The Kier molecular flexibility index (Phi) is 7.20. The van der Waals surface area contributed by atoms with Crippen LogP contribution in [0.3, 0.4) is 0 Å². The average Bonchev–Trinajstić information content (AvgIpc) is 2.72. The van der Waals surface area contributed by atoms with Crippen molar-refractivity contribution >= 4 is 35.2 Å². The van der Waals surface area contributed by atoms with Crippen LogP contribution in [-0.4, -0.2) is 23.8 Å². The molecule has 0 amide bonds. The topological polar surface area (TPSA) is 170 Å². The largest absolute Gasteiger partial charge is 0.409 e. The number of carbonyl (C=O) groups is 3. The second-order valence-electron chi connectivity index (χ2n) is 5.52. The van der Waals surface area contributed by atoms with Crippen molar-refractivity contribution in [2.45, 2.75) is 12.8 Å². The van der Waals surface area contributed by atoms with Crippen LogP contribution in [-0.2, 0) is 14.3 Å². The van der Waals surface area contributed by atoms with E-state index in [1.54, 1.807) is 24.3 Å². The first-order valence-electron chi connectivity index (χ1n) is 8.11. The van der Waals surface area contributed by atoms with Crippen molar-refractivity contribution < 1.29 is 23.9 Å². The Bertz CT molecular complexity index is 791. The molecular weight excluding hydrogens is 366 g/mol. The van der Waals surface area contributed by atoms with Gasteiger partial charge in [0.2, 0.25) is 0 Å². The number of nitrogens with one attached hydrogen (secondary N) is 3. The van der Waals surface area contributed by atoms with Crippen molar-refractivity contribution in [1.29, 1.82) is 5.41 Å². The van der Waals surface area contributed by atoms with Crippen LogP contribution in [0.4, 0.5) is 11.4 Å². The van der Waals surface area contributed by atoms with Crippen LogP contribution in [0.1, 0.15) is 33.6 Å². The molecule has 7 N–H and O–H groups in total. The second-order valence-corrected chi connectivity index (χ2v) is 5.52. The van der Waals surface area contributed by atoms with Gasteiger partial charge in [0.15, 0.2) is 5.90 Å². The van der Waals surface area contributed by atoms with Gasteiger partial charge in [0.25, 0.3) is 0 Å². The van der Waals surface area contributed by atoms with Gasteiger partial charge < -0.3 is 20.3 Å². The lowest BCUT2D eigenvalue weighted by Gasteiger charge is -2.07. The Balaban J connectivity index is 1.78. The third-order valence-electron chi connectivity index (χ3n) is 3.55. The first-order valence-corrected chi connectivity index (χ1v) is 8.11. The highest BCUT2D eigenvalue weighted by Gasteiger charge is 2.16. The second kappa shape index (κ2) is 9.80. The third kappa shape index (κ3) is 5.90. The molecule has 2 aromatic rings. The van der Waals surface area contributed by atoms with Crippen LogP contribution in [0.2, 0.25) is 0 Å². The predicted molar refractivity (Wildman–Crippen MR) is 101 cm³/mol. The molecule has 0 atom stereocenters. The van der Waals surface area contributed by atoms with E-state index in [9.17, 15) is 14.4 Å². The summed E-state index contributed by atoms with van der Waals surface area (Å²) in [6.45, 7) is 0. The fourth-order valence-electron chi connectivity index (χ4n) is 2.06. The molecule has 0 heterocycles. The fraction of sp³-hybridized carbons (Fsp3) is 0.111. The van der Waals surface area contributed by atoms with Gasteiger partial charge in [-0.15, -0.1) is 0 Å². The molecule has 0 radical (unpaired) electrons. The zero-order valence-electron chi connectivity index (χ0n) is 14.7. The van der Waals surface area contributed by atoms with Crippen LogP contribution in [0, 0.1) is 5.41 Å². The quantitative estimate of drug-likeness (QED) is 0.118. The number of ether oxygens (including phenoxy) is 2. The summed E-state index contributed by atoms with van der Waals surface area (Å²) in [5.74, 6) is 7.62. The van der Waals surface area contributed by atoms with E-state index in [0.717, 1.165) is 0 Å². The molecule has 2 rings (SSSR count). The molecule has 146 valence electrons. The summed E-state index contributed by atoms with van der Waals surface area (Å²) in [4.78, 5) is 35.5. The maximum atomic E-state index is 11.9. The van der Waals surface area contributed by atoms with Crippen molar-refractivity contribution in [1.82, 2.24) is 0 Å². The molecule has 0 aromatic heterocycles. The van der Waals surface area contributed by atoms with E-state index in [-0.39, 0.29) is 24.0 Å². The van der Waals surface area contributed by atoms with Crippen molar-refractivity contribution in [2.75, 3.05) is 10.9 Å². The molecule has 0 aliphatic carbocycles. The van der Waals surface area contributed by atoms with Crippen molar-refractivity contribution in [3.05, 3.63) is 59.7 Å². The highest BCUT2D eigenvalue weighted by molar-refractivity contribution is 6.00. The first-order chi connectivity index (χ1) is 13.4. The van der Waals surface area contributed by atoms with Crippen LogP contribution in [0.15, 0.2) is 48.5 Å². The predicted octanol–water partition coefficient (Wildman–Crippen LogP) is 1.56. The number of nitrogens with two attached hydrogens (primary N) is 2. The standard InChI is InChI=1S/C18H19N5O5/c19-15(27-17(25)11-1-5-13(22-20)6-2-11)9-10-16(24)28-18(26)12-3-7-14(23-21)8-4-12/h1-8,19,22-23H,9-10,20-21H2. The highest BCUT2D eigenvalue weighted by Crippen LogP contribution is 2.11. The van der Waals surface area contributed by atoms with E-state index in [4.69, 9.17) is 26.6 Å². The van der Waals surface area contributed by atoms with E-state index in [2.05, 4.69) is 10.9 Å². The van der Waals surface area contributed by atoms with E-state index < -0.39 is 23.8 Å². The van der Waals surface area contributed by atoms with Crippen LogP contribution in [0.25, 0.3) is 0 Å². The van der Waals surface area contributed by atoms with Crippen LogP contribution < -0.4 is 22.5 Å². The Morgan fingerprint density at radius 3 is 1.61 bits per heavy atom. The van der Waals surface area contributed by atoms with Gasteiger partial charge >= 0.3 is 17.9 Å². The maximum absolute atomic E-state index is 11.9. The van der Waals surface area contributed by atoms with E-state index in [0.29, 0.717) is 11.4 Å². The Labute approximate surface area is 160 Å². The van der Waals surface area contributed by atoms with Gasteiger partial charge in [-0.2, -0.15) is 0 Å². The molecule has 0 fully saturated rings. The number of hydrogen-bond donors (Lipinski definition) is 5. The Morgan fingerprint density at radius 2 is 1.18 bits per heavy atom. The Hall–Kier alpha value is -3.76. The maximum Gasteiger partial charge on any atom is 0.345 e. The number of hydrazine groups is 2. The molecule has 0 saturated heterocycles. The first kappa shape index (κ1) is 20.6. The molecule has 10 nitrogen and oxygen atoms in total. The van der Waals surface area contributed by atoms with Crippen molar-refractivity contribution in [2.24, 2.45) is 11.7 Å². The number of nitrogen functional groups attached to an aromatic ring is 2. The van der Waals surface area contributed by atoms with Gasteiger partial charge in [0.05, 0.1) is 17.5 Å². The van der Waals surface area contributed by atoms with E-state index >= 15 is 0 Å². The number of benzene rings is 2. The molecule has 10 heteroatoms. The van der Waals surface area contributed by atoms with Gasteiger partial charge in [-0.3, -0.25) is 21.9 Å². The van der Waals surface area contributed by atoms with Gasteiger partial charge in [0, 0.05) is 17.8 Å². The summed E-state index contributed by atoms with van der Waals surface area (Å²) in [7, 11) is 0. The number of rotatable bonds is 7. The summed E-state index contributed by atoms with van der Waals surface area (Å²) in [5, 5.41) is 7.64. The number of hydrogen-bond acceptors (Lipinski definition) is 10. The number of anilines is 2. The third-order valence-corrected chi connectivity index (χ3v) is 3.55. The van der Waals surface area contributed by atoms with Gasteiger partial charge in [-0.1, -0.05) is 0 Å². The molecular formula is C18H19N5O5. The summed E-state index contributed by atoms with van der Waals surface area (Å²) >= 11 is 0. The minimum atomic E-state index is -0.842. The molecule has 0 aliphatic heterocycles. The van der Waals surface area contributed by atoms with Gasteiger partial charge in [0.1, 0.15) is 0 Å². The molecule has 0 spiro atoms. The SMILES string of the molecule is N=C(CCC(=O)OC(=O)c1ccc(NN)cc1)OC(=O)c1ccc(NN)cc1. The summed E-state index contributed by atoms with van der Waals surface area (Å²) in [6, 6.07) is 12.1. The summed E-state index contributed by atoms with van der Waals surface area (Å²) < 4.78 is 9.55. The highest BCUT2D eigenvalue weighted by atomic mass is 16.6. The number of esters is 3. The van der Waals surface area contributed by atoms with Crippen molar-refractivity contribution in [3.8, 4) is 0 Å². The monoisotopic (exact) mass is 385 g/mol. The fourth-order valence-corrected chi connectivity index (χ4v) is 2.06. The zero-order chi connectivity index (χ0) is 20.5. The summed E-state index contributed by atoms with van der Waals surface area (Å²) in [6.07, 6.45) is -0.493. The van der Waals surface area contributed by atoms with Gasteiger partial charge in [-0.05, 0) is 48.5 Å². The lowest BCUT2D eigenvalue weighted by Crippen LogP contribution is -2.16. The Morgan fingerprint density at radius 1 is 0.750 bits per heavy atom. The van der Waals surface area contributed by atoms with E-state index in [1.165, 1.54) is 24.3 Å². The van der Waals surface area contributed by atoms with E-state index in [1.807, 2.05) is 0 Å². The minimum absolute atomic E-state index is 0.171. The number of carbonyl (C=O) groups excluding carboxylic acids is 3. The summed E-state index contributed by atoms with van der Waals surface area (Å²) in [5.41, 5.74) is 6.41. The normalized spacial score (nSPS) is 9.93. The molecule has 0 bridgehead atoms. The molecule has 2 aromatic carbocycles. The molecule has 0 unspecified atom stereocenters. The van der Waals surface area contributed by atoms with Crippen LogP contribution in [0.5, 0.6) is 0 Å². The lowest BCUT2D eigenvalue weighted by molar-refractivity contribution is -0.137. The molecule has 0 saturated carbocycles. The average molecular weight is 385 g/mol. The molecule has 0 aliphatic rings. The molecule has 28 heavy (non-hydrogen) atoms. The lowest BCUT2D eigenvalue weighted by atomic mass is 10.2. The van der Waals surface area contributed by atoms with Crippen LogP contribution >= 0.6 is 0 Å². The van der Waals surface area contributed by atoms with Crippen molar-refractivity contribution in [3.63, 3.8) is 0 Å². The minimum Gasteiger partial charge on any atom is -0.409 e.